The van der Waals surface area contributed by atoms with Crippen LogP contribution in [0.4, 0.5) is 0 Å². The second-order valence-corrected chi connectivity index (χ2v) is 17.9. The molecule has 0 aromatic rings. The zero-order chi connectivity index (χ0) is 40.3. The van der Waals surface area contributed by atoms with Crippen molar-refractivity contribution in [2.24, 2.45) is 51.4 Å². The first-order chi connectivity index (χ1) is 25.4. The monoisotopic (exact) mass is 826 g/mol. The Balaban J connectivity index is 0.000000326. The molecular formula is C47H74N2O5Se. The molecule has 3 saturated carbocycles. The molecule has 8 heteroatoms. The van der Waals surface area contributed by atoms with Crippen molar-refractivity contribution in [2.45, 2.75) is 146 Å². The molecule has 0 aromatic heterocycles. The molecule has 0 heterocycles. The number of nitrogens with two attached hydrogens (primary N) is 2. The number of rotatable bonds is 9. The number of hydrogen-bond acceptors (Lipinski definition) is 7. The Labute approximate surface area is 343 Å². The van der Waals surface area contributed by atoms with Crippen LogP contribution in [0.15, 0.2) is 70.4 Å². The van der Waals surface area contributed by atoms with E-state index in [1.165, 1.54) is 74.7 Å². The molecule has 0 saturated heterocycles. The molecule has 4 N–H and O–H groups in total. The van der Waals surface area contributed by atoms with Crippen LogP contribution >= 0.6 is 0 Å². The zero-order valence-electron chi connectivity index (χ0n) is 35.7. The van der Waals surface area contributed by atoms with E-state index in [9.17, 15) is 19.2 Å². The van der Waals surface area contributed by atoms with Gasteiger partial charge in [-0.25, -0.2) is 4.79 Å². The van der Waals surface area contributed by atoms with Gasteiger partial charge in [-0.3, -0.25) is 14.4 Å². The van der Waals surface area contributed by atoms with Gasteiger partial charge in [-0.1, -0.05) is 74.8 Å². The van der Waals surface area contributed by atoms with Crippen LogP contribution in [0.1, 0.15) is 146 Å². The number of esters is 2. The predicted octanol–water partition coefficient (Wildman–Crippen LogP) is 9.10. The Morgan fingerprint density at radius 3 is 2.11 bits per heavy atom. The molecule has 7 nitrogen and oxygen atoms in total. The Bertz CT molecular complexity index is 1560. The summed E-state index contributed by atoms with van der Waals surface area (Å²) in [6.07, 6.45) is 28.1. The van der Waals surface area contributed by atoms with E-state index in [0.29, 0.717) is 17.5 Å². The third-order valence-electron chi connectivity index (χ3n) is 13.5. The van der Waals surface area contributed by atoms with E-state index in [-0.39, 0.29) is 33.3 Å². The summed E-state index contributed by atoms with van der Waals surface area (Å²) in [5.74, 6) is 2.05. The van der Waals surface area contributed by atoms with Crippen molar-refractivity contribution in [1.29, 1.82) is 0 Å². The molecule has 0 bridgehead atoms. The number of carbonyl (C=O) groups is 4. The third-order valence-corrected chi connectivity index (χ3v) is 13.5. The predicted molar refractivity (Wildman–Crippen MR) is 230 cm³/mol. The molecule has 5 rings (SSSR count). The number of unbranched alkanes of at least 4 members (excludes halogenated alkanes) is 1. The number of carbonyl (C=O) groups excluding carboxylic acids is 4. The van der Waals surface area contributed by atoms with Crippen molar-refractivity contribution in [3.05, 3.63) is 70.4 Å². The van der Waals surface area contributed by atoms with Gasteiger partial charge in [0, 0.05) is 25.3 Å². The van der Waals surface area contributed by atoms with Gasteiger partial charge in [-0.05, 0) is 169 Å². The minimum atomic E-state index is -0.641. The second kappa shape index (κ2) is 21.8. The number of allylic oxidation sites excluding steroid dienone is 10. The molecule has 55 heavy (non-hydrogen) atoms. The zero-order valence-corrected chi connectivity index (χ0v) is 37.8. The molecule has 0 aliphatic heterocycles. The quantitative estimate of drug-likeness (QED) is 0.0593. The van der Waals surface area contributed by atoms with Gasteiger partial charge in [0.15, 0.2) is 5.78 Å². The van der Waals surface area contributed by atoms with Crippen LogP contribution in [0.25, 0.3) is 0 Å². The number of ketones is 2. The van der Waals surface area contributed by atoms with Gasteiger partial charge in [-0.2, -0.15) is 0 Å². The van der Waals surface area contributed by atoms with Crippen LogP contribution in [-0.2, 0) is 23.9 Å². The Hall–Kier alpha value is -2.64. The first-order valence-electron chi connectivity index (χ1n) is 20.7. The summed E-state index contributed by atoms with van der Waals surface area (Å²) in [7, 11) is 0. The average molecular weight is 826 g/mol. The fourth-order valence-corrected chi connectivity index (χ4v) is 10.6. The van der Waals surface area contributed by atoms with E-state index in [2.05, 4.69) is 58.4 Å². The molecule has 5 aliphatic carbocycles. The summed E-state index contributed by atoms with van der Waals surface area (Å²) < 4.78 is 4.46. The Morgan fingerprint density at radius 2 is 1.51 bits per heavy atom. The summed E-state index contributed by atoms with van der Waals surface area (Å²) in [5.41, 5.74) is 17.3. The molecule has 0 amide bonds. The number of fused-ring (bicyclic) bond motifs is 5. The van der Waals surface area contributed by atoms with Crippen molar-refractivity contribution in [1.82, 2.24) is 0 Å². The number of hydrogen-bond donors (Lipinski definition) is 2. The molecule has 308 valence electrons. The van der Waals surface area contributed by atoms with E-state index in [1.54, 1.807) is 13.8 Å². The first-order valence-corrected chi connectivity index (χ1v) is 20.7. The SMILES string of the molecule is CC(=O)OC(=O)/C=C(C)/C=C/C=C(C)/C=C/C1=C(C)CCCC1(C)C.CC(=O)[C@H]1CC[C@H]2[C@@H]3CCC4=CC(=O)CC[C@]4(C)[C@H]3CC[C@]12C.NCCCCN.[SeH2]. The molecule has 0 spiro atoms. The molecule has 5 aliphatic rings. The summed E-state index contributed by atoms with van der Waals surface area (Å²) in [6.45, 7) is 20.1. The van der Waals surface area contributed by atoms with E-state index < -0.39 is 11.9 Å². The summed E-state index contributed by atoms with van der Waals surface area (Å²) in [6, 6.07) is 0. The van der Waals surface area contributed by atoms with Crippen LogP contribution in [0.2, 0.25) is 0 Å². The maximum absolute atomic E-state index is 12.1. The van der Waals surface area contributed by atoms with Crippen molar-refractivity contribution < 1.29 is 23.9 Å². The van der Waals surface area contributed by atoms with Crippen LogP contribution in [-0.4, -0.2) is 53.7 Å². The molecule has 0 aromatic carbocycles. The van der Waals surface area contributed by atoms with Crippen LogP contribution in [0.5, 0.6) is 0 Å². The third kappa shape index (κ3) is 12.9. The first kappa shape index (κ1) is 48.5. The van der Waals surface area contributed by atoms with Gasteiger partial charge < -0.3 is 16.2 Å². The fourth-order valence-electron chi connectivity index (χ4n) is 10.6. The van der Waals surface area contributed by atoms with Crippen LogP contribution in [0.3, 0.4) is 0 Å². The normalized spacial score (nSPS) is 30.1. The van der Waals surface area contributed by atoms with Gasteiger partial charge in [0.25, 0.3) is 0 Å². The standard InChI is InChI=1S/C22H30O3.C21H30O2.C4H12N2.H2Se/c1-16(9-7-10-17(2)15-21(24)25-19(4)23)12-13-20-18(3)11-8-14-22(20,5)6;1-13(22)17-6-7-18-16-5-4-14-12-15(23)8-10-20(14,2)19(16)9-11-21(17,18)3;5-3-1-2-4-6;/h7,9-10,12-13,15H,8,11,14H2,1-6H3;12,16-19H,4-11H2,1-3H3;1-6H2;1H2/b10-7+,13-12+,16-9+,17-15+;;;/t;16-,17+,18-,19-,20-,21+;;/m.0../s1. The van der Waals surface area contributed by atoms with E-state index in [0.717, 1.165) is 80.5 Å². The van der Waals surface area contributed by atoms with Crippen LogP contribution < -0.4 is 11.5 Å². The molecule has 0 unspecified atom stereocenters. The van der Waals surface area contributed by atoms with Crippen LogP contribution in [0, 0.1) is 39.9 Å². The molecule has 0 radical (unpaired) electrons. The van der Waals surface area contributed by atoms with Gasteiger partial charge in [0.05, 0.1) is 0 Å². The van der Waals surface area contributed by atoms with Gasteiger partial charge in [0.2, 0.25) is 0 Å². The summed E-state index contributed by atoms with van der Waals surface area (Å²) in [5, 5.41) is 0. The Morgan fingerprint density at radius 1 is 0.836 bits per heavy atom. The minimum absolute atomic E-state index is 0. The topological polar surface area (TPSA) is 130 Å². The van der Waals surface area contributed by atoms with Crippen molar-refractivity contribution in [3.8, 4) is 0 Å². The van der Waals surface area contributed by atoms with Crippen molar-refractivity contribution in [2.75, 3.05) is 13.1 Å². The summed E-state index contributed by atoms with van der Waals surface area (Å²) >= 11 is 0. The maximum atomic E-state index is 12.1. The number of Topliss-reactive ketones (excluding diaryl/α,β-unsaturated/α-hetero) is 1. The Kier molecular flexibility index (Phi) is 19.2. The van der Waals surface area contributed by atoms with Gasteiger partial charge in [-0.15, -0.1) is 0 Å². The second-order valence-electron chi connectivity index (χ2n) is 17.9. The molecule has 6 atom stereocenters. The fraction of sp³-hybridized carbons (Fsp3) is 0.660. The van der Waals surface area contributed by atoms with E-state index in [1.807, 2.05) is 24.3 Å². The number of ether oxygens (including phenoxy) is 1. The van der Waals surface area contributed by atoms with E-state index >= 15 is 0 Å². The van der Waals surface area contributed by atoms with Crippen molar-refractivity contribution in [3.63, 3.8) is 0 Å². The summed E-state index contributed by atoms with van der Waals surface area (Å²) in [4.78, 5) is 46.0. The average Bonchev–Trinajstić information content (AvgIpc) is 3.45. The molecular weight excluding hydrogens is 751 g/mol. The molecule has 3 fully saturated rings. The van der Waals surface area contributed by atoms with E-state index in [4.69, 9.17) is 11.5 Å². The van der Waals surface area contributed by atoms with Crippen molar-refractivity contribution >= 4 is 40.6 Å². The van der Waals surface area contributed by atoms with Gasteiger partial charge in [0.1, 0.15) is 5.78 Å². The van der Waals surface area contributed by atoms with Gasteiger partial charge >= 0.3 is 29.0 Å².